The van der Waals surface area contributed by atoms with Gasteiger partial charge in [-0.2, -0.15) is 0 Å². The maximum Gasteiger partial charge on any atom is 0.255 e. The lowest BCUT2D eigenvalue weighted by molar-refractivity contribution is -0.117. The van der Waals surface area contributed by atoms with E-state index in [0.717, 1.165) is 25.9 Å². The number of carbonyl (C=O) groups excluding carboxylic acids is 2. The normalized spacial score (nSPS) is 17.6. The lowest BCUT2D eigenvalue weighted by atomic mass is 10.1. The van der Waals surface area contributed by atoms with Crippen molar-refractivity contribution >= 4 is 35.1 Å². The quantitative estimate of drug-likeness (QED) is 0.753. The summed E-state index contributed by atoms with van der Waals surface area (Å²) in [5, 5.41) is 7.00. The molecule has 0 spiro atoms. The Hall–Kier alpha value is -2.65. The van der Waals surface area contributed by atoms with Crippen LogP contribution in [0.25, 0.3) is 0 Å². The molecule has 2 aliphatic heterocycles. The number of halogens is 1. The molecule has 2 saturated heterocycles. The average Bonchev–Trinajstić information content (AvgIpc) is 3.18. The van der Waals surface area contributed by atoms with Crippen LogP contribution in [0.1, 0.15) is 35.4 Å². The van der Waals surface area contributed by atoms with Gasteiger partial charge in [-0.1, -0.05) is 16.8 Å². The summed E-state index contributed by atoms with van der Waals surface area (Å²) in [5.74, 6) is 1.63. The minimum atomic E-state index is -0.126. The predicted molar refractivity (Wildman–Crippen MR) is 118 cm³/mol. The molecule has 2 aliphatic rings. The van der Waals surface area contributed by atoms with Gasteiger partial charge < -0.3 is 19.6 Å². The van der Waals surface area contributed by atoms with Crippen LogP contribution in [0.15, 0.2) is 22.9 Å². The number of amides is 2. The number of likely N-dealkylation sites (tertiary alicyclic amines) is 1. The van der Waals surface area contributed by atoms with E-state index in [1.54, 1.807) is 25.3 Å². The molecule has 166 valence electrons. The van der Waals surface area contributed by atoms with E-state index < -0.39 is 0 Å². The second kappa shape index (κ2) is 9.65. The Morgan fingerprint density at radius 2 is 1.84 bits per heavy atom. The van der Waals surface area contributed by atoms with E-state index in [0.29, 0.717) is 54.2 Å². The number of hydrogen-bond donors (Lipinski definition) is 1. The molecule has 0 bridgehead atoms. The minimum Gasteiger partial charge on any atom is -0.360 e. The number of aromatic nitrogens is 2. The first kappa shape index (κ1) is 21.6. The molecule has 1 N–H and O–H groups in total. The number of aryl methyl sites for hydroxylation is 1. The fraction of sp³-hybridized carbons (Fsp3) is 0.524. The van der Waals surface area contributed by atoms with Crippen LogP contribution in [0.2, 0.25) is 5.02 Å². The fourth-order valence-electron chi connectivity index (χ4n) is 3.99. The molecule has 9 nitrogen and oxygen atoms in total. The number of anilines is 2. The summed E-state index contributed by atoms with van der Waals surface area (Å²) < 4.78 is 4.96. The van der Waals surface area contributed by atoms with Crippen molar-refractivity contribution in [2.75, 3.05) is 56.0 Å². The molecule has 31 heavy (non-hydrogen) atoms. The Morgan fingerprint density at radius 3 is 2.48 bits per heavy atom. The van der Waals surface area contributed by atoms with Crippen LogP contribution in [0.5, 0.6) is 0 Å². The highest BCUT2D eigenvalue weighted by molar-refractivity contribution is 6.33. The van der Waals surface area contributed by atoms with Crippen molar-refractivity contribution in [2.45, 2.75) is 26.2 Å². The van der Waals surface area contributed by atoms with Gasteiger partial charge in [-0.3, -0.25) is 14.5 Å². The van der Waals surface area contributed by atoms with Crippen LogP contribution in [0.4, 0.5) is 11.6 Å². The van der Waals surface area contributed by atoms with Crippen LogP contribution < -0.4 is 10.2 Å². The molecular weight excluding hydrogens is 420 g/mol. The van der Waals surface area contributed by atoms with E-state index >= 15 is 0 Å². The molecule has 0 unspecified atom stereocenters. The summed E-state index contributed by atoms with van der Waals surface area (Å²) in [7, 11) is 0. The van der Waals surface area contributed by atoms with Crippen molar-refractivity contribution in [2.24, 2.45) is 0 Å². The number of piperazine rings is 1. The van der Waals surface area contributed by atoms with Gasteiger partial charge in [0.05, 0.1) is 17.1 Å². The summed E-state index contributed by atoms with van der Waals surface area (Å²) in [6, 6.07) is 3.41. The molecule has 0 radical (unpaired) electrons. The third kappa shape index (κ3) is 5.34. The molecule has 0 aromatic carbocycles. The van der Waals surface area contributed by atoms with Crippen LogP contribution in [0, 0.1) is 6.92 Å². The number of nitrogens with one attached hydrogen (secondary N) is 1. The topological polar surface area (TPSA) is 94.8 Å². The molecule has 4 rings (SSSR count). The molecule has 0 saturated carbocycles. The van der Waals surface area contributed by atoms with Gasteiger partial charge in [-0.05, 0) is 32.3 Å². The zero-order chi connectivity index (χ0) is 21.8. The van der Waals surface area contributed by atoms with Gasteiger partial charge in [0.15, 0.2) is 5.82 Å². The van der Waals surface area contributed by atoms with Crippen molar-refractivity contribution in [1.82, 2.24) is 19.9 Å². The smallest absolute Gasteiger partial charge is 0.255 e. The molecule has 4 heterocycles. The standard InChI is InChI=1S/C21H27ClN6O3/c1-15-11-18(25-31-15)24-19(29)14-26-7-9-27(10-8-26)20-17(22)12-16(13-23-20)21(30)28-5-3-2-4-6-28/h11-13H,2-10,14H2,1H3,(H,24,25,29). The summed E-state index contributed by atoms with van der Waals surface area (Å²) in [6.45, 7) is 6.45. The third-order valence-electron chi connectivity index (χ3n) is 5.65. The van der Waals surface area contributed by atoms with Crippen molar-refractivity contribution in [3.8, 4) is 0 Å². The molecule has 2 amide bonds. The van der Waals surface area contributed by atoms with Crippen molar-refractivity contribution in [1.29, 1.82) is 0 Å². The van der Waals surface area contributed by atoms with Crippen LogP contribution >= 0.6 is 11.6 Å². The first-order valence-electron chi connectivity index (χ1n) is 10.6. The maximum absolute atomic E-state index is 12.7. The third-order valence-corrected chi connectivity index (χ3v) is 5.92. The second-order valence-corrected chi connectivity index (χ2v) is 8.42. The second-order valence-electron chi connectivity index (χ2n) is 8.02. The molecule has 0 atom stereocenters. The van der Waals surface area contributed by atoms with E-state index in [2.05, 4.69) is 25.3 Å². The Morgan fingerprint density at radius 1 is 1.10 bits per heavy atom. The molecule has 2 aromatic heterocycles. The maximum atomic E-state index is 12.7. The summed E-state index contributed by atoms with van der Waals surface area (Å²) >= 11 is 6.49. The summed E-state index contributed by atoms with van der Waals surface area (Å²) in [6.07, 6.45) is 4.89. The lowest BCUT2D eigenvalue weighted by Gasteiger charge is -2.35. The van der Waals surface area contributed by atoms with Crippen LogP contribution in [-0.4, -0.2) is 77.6 Å². The first-order valence-corrected chi connectivity index (χ1v) is 11.0. The van der Waals surface area contributed by atoms with E-state index in [1.807, 2.05) is 4.90 Å². The SMILES string of the molecule is Cc1cc(NC(=O)CN2CCN(c3ncc(C(=O)N4CCCCC4)cc3Cl)CC2)no1. The molecular formula is C21H27ClN6O3. The lowest BCUT2D eigenvalue weighted by Crippen LogP contribution is -2.49. The zero-order valence-corrected chi connectivity index (χ0v) is 18.4. The Balaban J connectivity index is 1.30. The number of pyridine rings is 1. The predicted octanol–water partition coefficient (Wildman–Crippen LogP) is 2.42. The number of nitrogens with zero attached hydrogens (tertiary/aromatic N) is 5. The van der Waals surface area contributed by atoms with Crippen molar-refractivity contribution in [3.05, 3.63) is 34.7 Å². The Kier molecular flexibility index (Phi) is 6.72. The highest BCUT2D eigenvalue weighted by atomic mass is 35.5. The van der Waals surface area contributed by atoms with Crippen molar-refractivity contribution < 1.29 is 14.1 Å². The summed E-state index contributed by atoms with van der Waals surface area (Å²) in [5.41, 5.74) is 0.536. The van der Waals surface area contributed by atoms with E-state index in [9.17, 15) is 9.59 Å². The van der Waals surface area contributed by atoms with Gasteiger partial charge in [-0.15, -0.1) is 0 Å². The van der Waals surface area contributed by atoms with Gasteiger partial charge in [0, 0.05) is 51.5 Å². The minimum absolute atomic E-state index is 0.00112. The molecule has 0 aliphatic carbocycles. The van der Waals surface area contributed by atoms with E-state index in [4.69, 9.17) is 16.1 Å². The highest BCUT2D eigenvalue weighted by Crippen LogP contribution is 2.26. The number of rotatable bonds is 5. The fourth-order valence-corrected chi connectivity index (χ4v) is 4.27. The molecule has 2 fully saturated rings. The number of piperidine rings is 1. The average molecular weight is 447 g/mol. The van der Waals surface area contributed by atoms with Gasteiger partial charge in [0.25, 0.3) is 5.91 Å². The van der Waals surface area contributed by atoms with Gasteiger partial charge in [0.2, 0.25) is 5.91 Å². The first-order chi connectivity index (χ1) is 15.0. The van der Waals surface area contributed by atoms with Gasteiger partial charge in [-0.25, -0.2) is 4.98 Å². The van der Waals surface area contributed by atoms with Crippen LogP contribution in [-0.2, 0) is 4.79 Å². The van der Waals surface area contributed by atoms with Crippen molar-refractivity contribution in [3.63, 3.8) is 0 Å². The zero-order valence-electron chi connectivity index (χ0n) is 17.6. The monoisotopic (exact) mass is 446 g/mol. The van der Waals surface area contributed by atoms with Gasteiger partial charge >= 0.3 is 0 Å². The molecule has 2 aromatic rings. The van der Waals surface area contributed by atoms with Gasteiger partial charge in [0.1, 0.15) is 11.6 Å². The van der Waals surface area contributed by atoms with Crippen LogP contribution in [0.3, 0.4) is 0 Å². The Bertz CT molecular complexity index is 935. The van der Waals surface area contributed by atoms with E-state index in [1.165, 1.54) is 6.42 Å². The van der Waals surface area contributed by atoms with E-state index in [-0.39, 0.29) is 18.4 Å². The summed E-state index contributed by atoms with van der Waals surface area (Å²) in [4.78, 5) is 35.4. The Labute approximate surface area is 186 Å². The highest BCUT2D eigenvalue weighted by Gasteiger charge is 2.24. The number of carbonyl (C=O) groups is 2. The number of hydrogen-bond acceptors (Lipinski definition) is 7. The largest absolute Gasteiger partial charge is 0.360 e. The molecule has 10 heteroatoms.